The van der Waals surface area contributed by atoms with E-state index in [0.29, 0.717) is 0 Å². The van der Waals surface area contributed by atoms with E-state index < -0.39 is 11.6 Å². The van der Waals surface area contributed by atoms with Gasteiger partial charge < -0.3 is 5.32 Å². The molecule has 0 saturated heterocycles. The van der Waals surface area contributed by atoms with Gasteiger partial charge in [-0.1, -0.05) is 0 Å². The van der Waals surface area contributed by atoms with Gasteiger partial charge in [0.2, 0.25) is 0 Å². The van der Waals surface area contributed by atoms with Crippen molar-refractivity contribution in [3.8, 4) is 6.07 Å². The van der Waals surface area contributed by atoms with Gasteiger partial charge in [0.25, 0.3) is 0 Å². The van der Waals surface area contributed by atoms with Crippen molar-refractivity contribution in [1.82, 2.24) is 0 Å². The molecule has 0 aliphatic carbocycles. The number of anilines is 1. The van der Waals surface area contributed by atoms with Crippen molar-refractivity contribution in [2.45, 2.75) is 19.9 Å². The summed E-state index contributed by atoms with van der Waals surface area (Å²) >= 11 is 0. The Morgan fingerprint density at radius 2 is 1.93 bits per heavy atom. The largest absolute Gasteiger partial charge is 0.380 e. The summed E-state index contributed by atoms with van der Waals surface area (Å²) in [7, 11) is 0. The van der Waals surface area contributed by atoms with E-state index in [-0.39, 0.29) is 17.3 Å². The van der Waals surface area contributed by atoms with Crippen LogP contribution in [0.15, 0.2) is 12.1 Å². The lowest BCUT2D eigenvalue weighted by molar-refractivity contribution is 0.508. The average molecular weight is 196 g/mol. The van der Waals surface area contributed by atoms with Crippen molar-refractivity contribution in [1.29, 1.82) is 5.26 Å². The lowest BCUT2D eigenvalue weighted by Gasteiger charge is -2.11. The van der Waals surface area contributed by atoms with Crippen LogP contribution >= 0.6 is 0 Å². The minimum atomic E-state index is -1.10. The van der Waals surface area contributed by atoms with E-state index in [9.17, 15) is 8.78 Å². The molecule has 0 aliphatic heterocycles. The van der Waals surface area contributed by atoms with Crippen LogP contribution in [-0.4, -0.2) is 6.04 Å². The maximum Gasteiger partial charge on any atom is 0.183 e. The van der Waals surface area contributed by atoms with Crippen LogP contribution in [0.25, 0.3) is 0 Å². The molecule has 0 radical (unpaired) electrons. The first-order valence-corrected chi connectivity index (χ1v) is 4.21. The number of nitriles is 1. The zero-order valence-corrected chi connectivity index (χ0v) is 7.94. The lowest BCUT2D eigenvalue weighted by Crippen LogP contribution is -2.12. The Morgan fingerprint density at radius 1 is 1.29 bits per heavy atom. The molecule has 14 heavy (non-hydrogen) atoms. The predicted molar refractivity (Wildman–Crippen MR) is 49.8 cm³/mol. The number of benzene rings is 1. The summed E-state index contributed by atoms with van der Waals surface area (Å²) in [4.78, 5) is 0. The van der Waals surface area contributed by atoms with Crippen LogP contribution in [0.3, 0.4) is 0 Å². The lowest BCUT2D eigenvalue weighted by atomic mass is 10.2. The predicted octanol–water partition coefficient (Wildman–Crippen LogP) is 2.66. The molecule has 0 aromatic heterocycles. The maximum atomic E-state index is 13.2. The highest BCUT2D eigenvalue weighted by molar-refractivity contribution is 5.50. The summed E-state index contributed by atoms with van der Waals surface area (Å²) in [5.74, 6) is -2.10. The SMILES string of the molecule is CC(C)Nc1ccc(C#N)c(F)c1F. The van der Waals surface area contributed by atoms with Crippen molar-refractivity contribution < 1.29 is 8.78 Å². The fourth-order valence-electron chi connectivity index (χ4n) is 1.06. The molecule has 2 nitrogen and oxygen atoms in total. The Bertz CT molecular complexity index is 380. The van der Waals surface area contributed by atoms with Gasteiger partial charge in [-0.25, -0.2) is 8.78 Å². The molecule has 0 unspecified atom stereocenters. The van der Waals surface area contributed by atoms with E-state index in [1.807, 2.05) is 13.8 Å². The number of rotatable bonds is 2. The first-order chi connectivity index (χ1) is 6.56. The molecule has 4 heteroatoms. The summed E-state index contributed by atoms with van der Waals surface area (Å²) in [5.41, 5.74) is -0.201. The zero-order chi connectivity index (χ0) is 10.7. The maximum absolute atomic E-state index is 13.2. The molecule has 0 bridgehead atoms. The van der Waals surface area contributed by atoms with E-state index in [1.165, 1.54) is 12.1 Å². The third-order valence-corrected chi connectivity index (χ3v) is 1.65. The van der Waals surface area contributed by atoms with E-state index in [2.05, 4.69) is 5.32 Å². The average Bonchev–Trinajstić information content (AvgIpc) is 2.13. The summed E-state index contributed by atoms with van der Waals surface area (Å²) in [6.07, 6.45) is 0. The number of nitrogens with zero attached hydrogens (tertiary/aromatic N) is 1. The fraction of sp³-hybridized carbons (Fsp3) is 0.300. The number of hydrogen-bond acceptors (Lipinski definition) is 2. The molecule has 0 heterocycles. The molecule has 1 aromatic carbocycles. The summed E-state index contributed by atoms with van der Waals surface area (Å²) in [6.45, 7) is 3.63. The molecule has 1 N–H and O–H groups in total. The van der Waals surface area contributed by atoms with Crippen molar-refractivity contribution in [2.24, 2.45) is 0 Å². The normalized spacial score (nSPS) is 10.0. The van der Waals surface area contributed by atoms with Gasteiger partial charge in [-0.2, -0.15) is 5.26 Å². The second-order valence-electron chi connectivity index (χ2n) is 3.20. The Labute approximate surface area is 81.2 Å². The van der Waals surface area contributed by atoms with Crippen LogP contribution in [0, 0.1) is 23.0 Å². The molecule has 0 fully saturated rings. The highest BCUT2D eigenvalue weighted by Crippen LogP contribution is 2.20. The molecule has 74 valence electrons. The molecule has 0 aliphatic rings. The van der Waals surface area contributed by atoms with Crippen LogP contribution in [0.5, 0.6) is 0 Å². The quantitative estimate of drug-likeness (QED) is 0.789. The van der Waals surface area contributed by atoms with Crippen LogP contribution in [0.4, 0.5) is 14.5 Å². The topological polar surface area (TPSA) is 35.8 Å². The van der Waals surface area contributed by atoms with Gasteiger partial charge >= 0.3 is 0 Å². The van der Waals surface area contributed by atoms with Crippen molar-refractivity contribution >= 4 is 5.69 Å². The second-order valence-corrected chi connectivity index (χ2v) is 3.20. The van der Waals surface area contributed by atoms with Gasteiger partial charge in [0.1, 0.15) is 6.07 Å². The van der Waals surface area contributed by atoms with E-state index in [0.717, 1.165) is 0 Å². The summed E-state index contributed by atoms with van der Waals surface area (Å²) < 4.78 is 26.3. The van der Waals surface area contributed by atoms with E-state index in [1.54, 1.807) is 6.07 Å². The minimum absolute atomic E-state index is 0.0110. The summed E-state index contributed by atoms with van der Waals surface area (Å²) in [6, 6.07) is 4.20. The Hall–Kier alpha value is -1.63. The Kier molecular flexibility index (Phi) is 3.03. The fourth-order valence-corrected chi connectivity index (χ4v) is 1.06. The van der Waals surface area contributed by atoms with Crippen LogP contribution in [0.1, 0.15) is 19.4 Å². The number of halogens is 2. The van der Waals surface area contributed by atoms with Crippen LogP contribution < -0.4 is 5.32 Å². The van der Waals surface area contributed by atoms with Gasteiger partial charge in [-0.05, 0) is 26.0 Å². The number of hydrogen-bond donors (Lipinski definition) is 1. The monoisotopic (exact) mass is 196 g/mol. The van der Waals surface area contributed by atoms with Gasteiger partial charge in [-0.15, -0.1) is 0 Å². The molecular weight excluding hydrogens is 186 g/mol. The molecule has 0 spiro atoms. The smallest absolute Gasteiger partial charge is 0.183 e. The van der Waals surface area contributed by atoms with Crippen molar-refractivity contribution in [3.05, 3.63) is 29.3 Å². The Balaban J connectivity index is 3.12. The standard InChI is InChI=1S/C10H10F2N2/c1-6(2)14-8-4-3-7(5-13)9(11)10(8)12/h3-4,6,14H,1-2H3. The number of nitrogens with one attached hydrogen (secondary N) is 1. The third-order valence-electron chi connectivity index (χ3n) is 1.65. The molecule has 1 rings (SSSR count). The second kappa shape index (κ2) is 4.05. The van der Waals surface area contributed by atoms with Crippen LogP contribution in [-0.2, 0) is 0 Å². The Morgan fingerprint density at radius 3 is 2.43 bits per heavy atom. The van der Waals surface area contributed by atoms with E-state index in [4.69, 9.17) is 5.26 Å². The van der Waals surface area contributed by atoms with Crippen LogP contribution in [0.2, 0.25) is 0 Å². The summed E-state index contributed by atoms with van der Waals surface area (Å²) in [5, 5.41) is 11.2. The van der Waals surface area contributed by atoms with E-state index >= 15 is 0 Å². The zero-order valence-electron chi connectivity index (χ0n) is 7.94. The molecule has 1 aromatic rings. The molecule has 0 saturated carbocycles. The van der Waals surface area contributed by atoms with Gasteiger partial charge in [0.15, 0.2) is 11.6 Å². The highest BCUT2D eigenvalue weighted by atomic mass is 19.2. The highest BCUT2D eigenvalue weighted by Gasteiger charge is 2.13. The third kappa shape index (κ3) is 1.99. The van der Waals surface area contributed by atoms with Gasteiger partial charge in [0.05, 0.1) is 11.3 Å². The molecule has 0 amide bonds. The van der Waals surface area contributed by atoms with Gasteiger partial charge in [0, 0.05) is 6.04 Å². The first-order valence-electron chi connectivity index (χ1n) is 4.21. The van der Waals surface area contributed by atoms with Crippen molar-refractivity contribution in [3.63, 3.8) is 0 Å². The minimum Gasteiger partial charge on any atom is -0.380 e. The first kappa shape index (κ1) is 10.5. The molecule has 0 atom stereocenters. The van der Waals surface area contributed by atoms with Gasteiger partial charge in [-0.3, -0.25) is 0 Å². The van der Waals surface area contributed by atoms with Crippen molar-refractivity contribution in [2.75, 3.05) is 5.32 Å². The molecular formula is C10H10F2N2.